The summed E-state index contributed by atoms with van der Waals surface area (Å²) in [7, 11) is 1.62. The first-order valence-corrected chi connectivity index (χ1v) is 8.48. The van der Waals surface area contributed by atoms with Gasteiger partial charge in [0.1, 0.15) is 11.1 Å². The van der Waals surface area contributed by atoms with Crippen molar-refractivity contribution in [2.45, 2.75) is 26.2 Å². The maximum atomic E-state index is 9.39. The summed E-state index contributed by atoms with van der Waals surface area (Å²) in [6, 6.07) is 8.02. The van der Waals surface area contributed by atoms with E-state index in [2.05, 4.69) is 11.1 Å². The van der Waals surface area contributed by atoms with Crippen molar-refractivity contribution < 1.29 is 9.47 Å². The third-order valence-electron chi connectivity index (χ3n) is 3.83. The molecule has 0 spiro atoms. The van der Waals surface area contributed by atoms with Crippen molar-refractivity contribution in [1.29, 1.82) is 5.26 Å². The van der Waals surface area contributed by atoms with E-state index < -0.39 is 0 Å². The van der Waals surface area contributed by atoms with E-state index in [0.29, 0.717) is 12.4 Å². The van der Waals surface area contributed by atoms with Gasteiger partial charge in [0.05, 0.1) is 19.3 Å². The number of thiophene rings is 1. The van der Waals surface area contributed by atoms with Gasteiger partial charge in [-0.3, -0.25) is 0 Å². The molecule has 1 aliphatic carbocycles. The summed E-state index contributed by atoms with van der Waals surface area (Å²) >= 11 is 1.64. The van der Waals surface area contributed by atoms with Gasteiger partial charge in [-0.25, -0.2) is 4.99 Å². The van der Waals surface area contributed by atoms with Crippen LogP contribution in [0, 0.1) is 11.3 Å². The Balaban J connectivity index is 1.88. The number of aliphatic imine (C=N–C) groups is 1. The van der Waals surface area contributed by atoms with Crippen LogP contribution in [0.25, 0.3) is 0 Å². The molecular weight excluding hydrogens is 308 g/mol. The van der Waals surface area contributed by atoms with Crippen LogP contribution in [0.1, 0.15) is 34.9 Å². The van der Waals surface area contributed by atoms with Crippen LogP contribution in [0.5, 0.6) is 11.5 Å². The Hall–Kier alpha value is -2.32. The molecule has 2 aromatic rings. The second-order valence-electron chi connectivity index (χ2n) is 5.25. The van der Waals surface area contributed by atoms with Crippen molar-refractivity contribution in [1.82, 2.24) is 0 Å². The number of methoxy groups -OCH3 is 1. The molecule has 118 valence electrons. The number of rotatable bonds is 5. The third-order valence-corrected chi connectivity index (χ3v) is 5.03. The Labute approximate surface area is 140 Å². The normalized spacial score (nSPS) is 13.1. The van der Waals surface area contributed by atoms with Gasteiger partial charge in [-0.05, 0) is 55.5 Å². The predicted molar refractivity (Wildman–Crippen MR) is 92.5 cm³/mol. The number of nitriles is 1. The minimum Gasteiger partial charge on any atom is -0.493 e. The highest BCUT2D eigenvalue weighted by atomic mass is 32.1. The van der Waals surface area contributed by atoms with E-state index in [4.69, 9.17) is 9.47 Å². The lowest BCUT2D eigenvalue weighted by Crippen LogP contribution is -1.96. The average Bonchev–Trinajstić information content (AvgIpc) is 3.14. The van der Waals surface area contributed by atoms with Crippen molar-refractivity contribution in [3.8, 4) is 17.6 Å². The van der Waals surface area contributed by atoms with Crippen LogP contribution in [0.3, 0.4) is 0 Å². The SMILES string of the molecule is CCOc1ccc(C=Nc2sc3c(c2C#N)CCC3)cc1OC. The van der Waals surface area contributed by atoms with Crippen molar-refractivity contribution >= 4 is 22.6 Å². The van der Waals surface area contributed by atoms with Crippen LogP contribution < -0.4 is 9.47 Å². The second-order valence-corrected chi connectivity index (χ2v) is 6.33. The Morgan fingerprint density at radius 1 is 1.35 bits per heavy atom. The minimum atomic E-state index is 0.593. The molecule has 5 heteroatoms. The van der Waals surface area contributed by atoms with E-state index >= 15 is 0 Å². The molecule has 1 heterocycles. The van der Waals surface area contributed by atoms with E-state index in [1.807, 2.05) is 25.1 Å². The molecule has 0 fully saturated rings. The third kappa shape index (κ3) is 3.08. The van der Waals surface area contributed by atoms with Gasteiger partial charge in [0.15, 0.2) is 11.5 Å². The Kier molecular flexibility index (Phi) is 4.63. The Morgan fingerprint density at radius 3 is 2.96 bits per heavy atom. The predicted octanol–water partition coefficient (Wildman–Crippen LogP) is 4.27. The van der Waals surface area contributed by atoms with E-state index in [0.717, 1.165) is 41.1 Å². The molecule has 0 aliphatic heterocycles. The highest BCUT2D eigenvalue weighted by molar-refractivity contribution is 7.16. The number of hydrogen-bond acceptors (Lipinski definition) is 5. The highest BCUT2D eigenvalue weighted by Gasteiger charge is 2.21. The van der Waals surface area contributed by atoms with Crippen LogP contribution in [-0.2, 0) is 12.8 Å². The summed E-state index contributed by atoms with van der Waals surface area (Å²) in [5.74, 6) is 1.41. The van der Waals surface area contributed by atoms with Crippen molar-refractivity contribution in [3.05, 3.63) is 39.8 Å². The largest absolute Gasteiger partial charge is 0.493 e. The van der Waals surface area contributed by atoms with Crippen LogP contribution in [-0.4, -0.2) is 19.9 Å². The lowest BCUT2D eigenvalue weighted by molar-refractivity contribution is 0.311. The average molecular weight is 326 g/mol. The summed E-state index contributed by atoms with van der Waals surface area (Å²) in [4.78, 5) is 5.85. The van der Waals surface area contributed by atoms with Gasteiger partial charge in [-0.2, -0.15) is 5.26 Å². The maximum absolute atomic E-state index is 9.39. The Morgan fingerprint density at radius 2 is 2.22 bits per heavy atom. The smallest absolute Gasteiger partial charge is 0.161 e. The molecule has 0 amide bonds. The first-order chi connectivity index (χ1) is 11.3. The molecule has 0 unspecified atom stereocenters. The molecule has 23 heavy (non-hydrogen) atoms. The first kappa shape index (κ1) is 15.6. The van der Waals surface area contributed by atoms with E-state index in [1.54, 1.807) is 24.7 Å². The molecule has 0 saturated heterocycles. The van der Waals surface area contributed by atoms with Crippen LogP contribution in [0.15, 0.2) is 23.2 Å². The number of ether oxygens (including phenoxy) is 2. The van der Waals surface area contributed by atoms with Gasteiger partial charge in [0.2, 0.25) is 0 Å². The summed E-state index contributed by atoms with van der Waals surface area (Å²) in [5, 5.41) is 10.2. The fraction of sp³-hybridized carbons (Fsp3) is 0.333. The zero-order valence-corrected chi connectivity index (χ0v) is 14.1. The lowest BCUT2D eigenvalue weighted by atomic mass is 10.1. The molecule has 0 N–H and O–H groups in total. The van der Waals surface area contributed by atoms with Crippen LogP contribution in [0.2, 0.25) is 0 Å². The first-order valence-electron chi connectivity index (χ1n) is 7.66. The molecule has 1 aromatic heterocycles. The van der Waals surface area contributed by atoms with E-state index in [-0.39, 0.29) is 0 Å². The molecule has 0 saturated carbocycles. The number of fused-ring (bicyclic) bond motifs is 1. The van der Waals surface area contributed by atoms with Gasteiger partial charge < -0.3 is 9.47 Å². The fourth-order valence-corrected chi connectivity index (χ4v) is 3.95. The zero-order valence-electron chi connectivity index (χ0n) is 13.3. The number of benzene rings is 1. The summed E-state index contributed by atoms with van der Waals surface area (Å²) in [6.07, 6.45) is 5.00. The quantitative estimate of drug-likeness (QED) is 0.771. The summed E-state index contributed by atoms with van der Waals surface area (Å²) in [6.45, 7) is 2.53. The molecule has 0 atom stereocenters. The van der Waals surface area contributed by atoms with E-state index in [9.17, 15) is 5.26 Å². The number of nitrogens with zero attached hydrogens (tertiary/aromatic N) is 2. The molecule has 0 radical (unpaired) electrons. The molecule has 1 aliphatic rings. The molecular formula is C18H18N2O2S. The van der Waals surface area contributed by atoms with Gasteiger partial charge >= 0.3 is 0 Å². The highest BCUT2D eigenvalue weighted by Crippen LogP contribution is 2.40. The summed E-state index contributed by atoms with van der Waals surface area (Å²) < 4.78 is 10.9. The van der Waals surface area contributed by atoms with Gasteiger partial charge in [0.25, 0.3) is 0 Å². The van der Waals surface area contributed by atoms with Crippen LogP contribution in [0.4, 0.5) is 5.00 Å². The van der Waals surface area contributed by atoms with Gasteiger partial charge in [-0.15, -0.1) is 11.3 Å². The molecule has 0 bridgehead atoms. The molecule has 3 rings (SSSR count). The fourth-order valence-electron chi connectivity index (χ4n) is 2.77. The maximum Gasteiger partial charge on any atom is 0.161 e. The monoisotopic (exact) mass is 326 g/mol. The lowest BCUT2D eigenvalue weighted by Gasteiger charge is -2.09. The molecule has 1 aromatic carbocycles. The van der Waals surface area contributed by atoms with Crippen molar-refractivity contribution in [3.63, 3.8) is 0 Å². The van der Waals surface area contributed by atoms with E-state index in [1.165, 1.54) is 10.4 Å². The summed E-state index contributed by atoms with van der Waals surface area (Å²) in [5.41, 5.74) is 2.87. The van der Waals surface area contributed by atoms with Gasteiger partial charge in [-0.1, -0.05) is 0 Å². The minimum absolute atomic E-state index is 0.593. The van der Waals surface area contributed by atoms with Crippen molar-refractivity contribution in [2.75, 3.05) is 13.7 Å². The molecule has 4 nitrogen and oxygen atoms in total. The topological polar surface area (TPSA) is 54.6 Å². The Bertz CT molecular complexity index is 787. The standard InChI is InChI=1S/C18H18N2O2S/c1-3-22-15-8-7-12(9-16(15)21-2)11-20-18-14(10-19)13-5-4-6-17(13)23-18/h7-9,11H,3-6H2,1-2H3. The van der Waals surface area contributed by atoms with Crippen LogP contribution >= 0.6 is 11.3 Å². The number of hydrogen-bond donors (Lipinski definition) is 0. The number of aryl methyl sites for hydroxylation is 1. The van der Waals surface area contributed by atoms with Crippen molar-refractivity contribution in [2.24, 2.45) is 4.99 Å². The second kappa shape index (κ2) is 6.84. The zero-order chi connectivity index (χ0) is 16.2. The van der Waals surface area contributed by atoms with Gasteiger partial charge in [0, 0.05) is 11.1 Å².